The van der Waals surface area contributed by atoms with Crippen molar-refractivity contribution in [2.75, 3.05) is 19.7 Å². The third kappa shape index (κ3) is 3.69. The van der Waals surface area contributed by atoms with Gasteiger partial charge >= 0.3 is 0 Å². The van der Waals surface area contributed by atoms with E-state index < -0.39 is 0 Å². The van der Waals surface area contributed by atoms with Gasteiger partial charge in [-0.15, -0.1) is 0 Å². The van der Waals surface area contributed by atoms with Crippen LogP contribution in [0.25, 0.3) is 0 Å². The Labute approximate surface area is 112 Å². The van der Waals surface area contributed by atoms with Crippen LogP contribution in [0.3, 0.4) is 0 Å². The molecule has 3 N–H and O–H groups in total. The lowest BCUT2D eigenvalue weighted by Gasteiger charge is -2.34. The smallest absolute Gasteiger partial charge is 0.0700 e. The molecular formula is C15H30N2O. The average Bonchev–Trinajstić information content (AvgIpc) is 2.80. The molecule has 106 valence electrons. The molecule has 2 fully saturated rings. The molecule has 2 atom stereocenters. The fraction of sp³-hybridized carbons (Fsp3) is 1.00. The zero-order valence-corrected chi connectivity index (χ0v) is 12.1. The fourth-order valence-electron chi connectivity index (χ4n) is 3.32. The van der Waals surface area contributed by atoms with Gasteiger partial charge in [-0.1, -0.05) is 20.3 Å². The molecule has 1 saturated heterocycles. The Kier molecular flexibility index (Phi) is 4.68. The van der Waals surface area contributed by atoms with Gasteiger partial charge in [0, 0.05) is 25.2 Å². The molecule has 2 rings (SSSR count). The number of rotatable bonds is 4. The fourth-order valence-corrected chi connectivity index (χ4v) is 3.32. The second-order valence-electron chi connectivity index (χ2n) is 7.02. The van der Waals surface area contributed by atoms with E-state index >= 15 is 0 Å². The van der Waals surface area contributed by atoms with Gasteiger partial charge in [0.05, 0.1) is 6.10 Å². The highest BCUT2D eigenvalue weighted by atomic mass is 16.5. The number of hydrogen-bond acceptors (Lipinski definition) is 3. The molecule has 0 radical (unpaired) electrons. The molecule has 18 heavy (non-hydrogen) atoms. The van der Waals surface area contributed by atoms with E-state index in [1.807, 2.05) is 0 Å². The second-order valence-corrected chi connectivity index (χ2v) is 7.02. The predicted molar refractivity (Wildman–Crippen MR) is 75.6 cm³/mol. The van der Waals surface area contributed by atoms with Crippen LogP contribution in [0.15, 0.2) is 0 Å². The maximum Gasteiger partial charge on any atom is 0.0700 e. The lowest BCUT2D eigenvalue weighted by molar-refractivity contribution is 0.0984. The van der Waals surface area contributed by atoms with E-state index in [0.717, 1.165) is 19.7 Å². The number of hydrogen-bond donors (Lipinski definition) is 2. The molecule has 0 aromatic carbocycles. The summed E-state index contributed by atoms with van der Waals surface area (Å²) in [6.07, 6.45) is 9.18. The number of nitrogens with two attached hydrogens (primary N) is 1. The van der Waals surface area contributed by atoms with Crippen molar-refractivity contribution in [2.24, 2.45) is 11.1 Å². The monoisotopic (exact) mass is 254 g/mol. The van der Waals surface area contributed by atoms with Gasteiger partial charge in [-0.3, -0.25) is 0 Å². The summed E-state index contributed by atoms with van der Waals surface area (Å²) in [7, 11) is 0. The summed E-state index contributed by atoms with van der Waals surface area (Å²) in [5.74, 6) is 0. The third-order valence-corrected chi connectivity index (χ3v) is 4.91. The van der Waals surface area contributed by atoms with Crippen molar-refractivity contribution in [3.63, 3.8) is 0 Å². The molecule has 2 unspecified atom stereocenters. The van der Waals surface area contributed by atoms with Crippen LogP contribution in [-0.4, -0.2) is 31.3 Å². The predicted octanol–water partition coefficient (Wildman–Crippen LogP) is 2.44. The van der Waals surface area contributed by atoms with Gasteiger partial charge < -0.3 is 15.8 Å². The van der Waals surface area contributed by atoms with Crippen LogP contribution in [0.4, 0.5) is 0 Å². The quantitative estimate of drug-likeness (QED) is 0.758. The van der Waals surface area contributed by atoms with Gasteiger partial charge in [-0.25, -0.2) is 0 Å². The van der Waals surface area contributed by atoms with Gasteiger partial charge in [0.2, 0.25) is 0 Å². The Hall–Kier alpha value is -0.120. The minimum atomic E-state index is 0.166. The van der Waals surface area contributed by atoms with Gasteiger partial charge in [-0.05, 0) is 43.9 Å². The van der Waals surface area contributed by atoms with Crippen molar-refractivity contribution in [1.82, 2.24) is 5.32 Å². The van der Waals surface area contributed by atoms with Crippen LogP contribution in [0.1, 0.15) is 58.8 Å². The molecule has 0 amide bonds. The van der Waals surface area contributed by atoms with E-state index in [1.54, 1.807) is 0 Å². The highest BCUT2D eigenvalue weighted by molar-refractivity contribution is 4.94. The van der Waals surface area contributed by atoms with Crippen molar-refractivity contribution in [3.8, 4) is 0 Å². The van der Waals surface area contributed by atoms with Crippen molar-refractivity contribution < 1.29 is 4.74 Å². The highest BCUT2D eigenvalue weighted by Crippen LogP contribution is 2.37. The molecule has 0 bridgehead atoms. The largest absolute Gasteiger partial charge is 0.377 e. The van der Waals surface area contributed by atoms with Crippen LogP contribution in [0, 0.1) is 5.41 Å². The summed E-state index contributed by atoms with van der Waals surface area (Å²) < 4.78 is 5.70. The van der Waals surface area contributed by atoms with Crippen LogP contribution >= 0.6 is 0 Å². The molecule has 0 aromatic rings. The zero-order chi connectivity index (χ0) is 13.1. The first-order chi connectivity index (χ1) is 8.55. The van der Waals surface area contributed by atoms with Crippen molar-refractivity contribution in [1.29, 1.82) is 0 Å². The zero-order valence-electron chi connectivity index (χ0n) is 12.1. The molecule has 1 heterocycles. The molecular weight excluding hydrogens is 224 g/mol. The second kappa shape index (κ2) is 5.89. The summed E-state index contributed by atoms with van der Waals surface area (Å²) in [5.41, 5.74) is 6.73. The highest BCUT2D eigenvalue weighted by Gasteiger charge is 2.34. The summed E-state index contributed by atoms with van der Waals surface area (Å²) in [6, 6.07) is 0. The Balaban J connectivity index is 1.88. The SMILES string of the molecule is CC1(C)CCCC(CN)(NCC2CCCO2)CC1. The third-order valence-electron chi connectivity index (χ3n) is 4.91. The first kappa shape index (κ1) is 14.3. The van der Waals surface area contributed by atoms with Crippen LogP contribution < -0.4 is 11.1 Å². The summed E-state index contributed by atoms with van der Waals surface area (Å²) in [6.45, 7) is 7.46. The first-order valence-electron chi connectivity index (χ1n) is 7.62. The summed E-state index contributed by atoms with van der Waals surface area (Å²) in [5, 5.41) is 3.75. The van der Waals surface area contributed by atoms with Crippen LogP contribution in [0.5, 0.6) is 0 Å². The molecule has 0 spiro atoms. The van der Waals surface area contributed by atoms with Crippen molar-refractivity contribution in [3.05, 3.63) is 0 Å². The Bertz CT molecular complexity index is 261. The number of nitrogens with one attached hydrogen (secondary N) is 1. The van der Waals surface area contributed by atoms with Gasteiger partial charge in [0.1, 0.15) is 0 Å². The standard InChI is InChI=1S/C15H30N2O/c1-14(2)6-4-7-15(12-16,9-8-14)17-11-13-5-3-10-18-13/h13,17H,3-12,16H2,1-2H3. The van der Waals surface area contributed by atoms with E-state index in [1.165, 1.54) is 44.9 Å². The lowest BCUT2D eigenvalue weighted by atomic mass is 9.83. The summed E-state index contributed by atoms with van der Waals surface area (Å²) in [4.78, 5) is 0. The molecule has 1 aliphatic carbocycles. The van der Waals surface area contributed by atoms with Crippen molar-refractivity contribution >= 4 is 0 Å². The minimum absolute atomic E-state index is 0.166. The molecule has 0 aromatic heterocycles. The van der Waals surface area contributed by atoms with Crippen LogP contribution in [0.2, 0.25) is 0 Å². The van der Waals surface area contributed by atoms with E-state index in [9.17, 15) is 0 Å². The van der Waals surface area contributed by atoms with E-state index in [2.05, 4.69) is 19.2 Å². The lowest BCUT2D eigenvalue weighted by Crippen LogP contribution is -2.53. The van der Waals surface area contributed by atoms with E-state index in [0.29, 0.717) is 11.5 Å². The molecule has 3 heteroatoms. The maximum absolute atomic E-state index is 6.08. The Morgan fingerprint density at radius 2 is 2.00 bits per heavy atom. The maximum atomic E-state index is 6.08. The molecule has 1 aliphatic heterocycles. The van der Waals surface area contributed by atoms with Crippen LogP contribution in [-0.2, 0) is 4.74 Å². The van der Waals surface area contributed by atoms with Gasteiger partial charge in [0.25, 0.3) is 0 Å². The van der Waals surface area contributed by atoms with E-state index in [4.69, 9.17) is 10.5 Å². The average molecular weight is 254 g/mol. The molecule has 1 saturated carbocycles. The van der Waals surface area contributed by atoms with Gasteiger partial charge in [0.15, 0.2) is 0 Å². The van der Waals surface area contributed by atoms with E-state index in [-0.39, 0.29) is 5.54 Å². The number of ether oxygens (including phenoxy) is 1. The first-order valence-corrected chi connectivity index (χ1v) is 7.62. The summed E-state index contributed by atoms with van der Waals surface area (Å²) >= 11 is 0. The van der Waals surface area contributed by atoms with Gasteiger partial charge in [-0.2, -0.15) is 0 Å². The Morgan fingerprint density at radius 3 is 2.67 bits per heavy atom. The molecule has 2 aliphatic rings. The minimum Gasteiger partial charge on any atom is -0.377 e. The van der Waals surface area contributed by atoms with Crippen molar-refractivity contribution in [2.45, 2.75) is 70.4 Å². The Morgan fingerprint density at radius 1 is 1.17 bits per heavy atom. The molecule has 3 nitrogen and oxygen atoms in total. The normalized spacial score (nSPS) is 36.5. The topological polar surface area (TPSA) is 47.3 Å².